The predicted octanol–water partition coefficient (Wildman–Crippen LogP) is 2.52. The molecule has 128 valence electrons. The lowest BCUT2D eigenvalue weighted by Crippen LogP contribution is -2.13. The Morgan fingerprint density at radius 1 is 1.25 bits per heavy atom. The number of hydrogen-bond donors (Lipinski definition) is 1. The van der Waals surface area contributed by atoms with Crippen molar-refractivity contribution < 1.29 is 23.8 Å². The van der Waals surface area contributed by atoms with Crippen LogP contribution in [0, 0.1) is 0 Å². The number of nitrogens with one attached hydrogen (secondary N) is 1. The van der Waals surface area contributed by atoms with Gasteiger partial charge in [-0.15, -0.1) is 11.3 Å². The van der Waals surface area contributed by atoms with E-state index in [2.05, 4.69) is 10.3 Å². The number of carbonyl (C=O) groups excluding carboxylic acids is 2. The average Bonchev–Trinajstić information content (AvgIpc) is 3.01. The van der Waals surface area contributed by atoms with Gasteiger partial charge < -0.3 is 14.2 Å². The molecule has 0 atom stereocenters. The van der Waals surface area contributed by atoms with Gasteiger partial charge in [-0.3, -0.25) is 14.9 Å². The van der Waals surface area contributed by atoms with Crippen molar-refractivity contribution in [3.8, 4) is 11.5 Å². The van der Waals surface area contributed by atoms with Gasteiger partial charge in [-0.05, 0) is 19.1 Å². The van der Waals surface area contributed by atoms with E-state index in [1.807, 2.05) is 0 Å². The zero-order valence-corrected chi connectivity index (χ0v) is 14.4. The van der Waals surface area contributed by atoms with Gasteiger partial charge >= 0.3 is 5.97 Å². The normalized spacial score (nSPS) is 10.1. The van der Waals surface area contributed by atoms with Crippen LogP contribution in [0.5, 0.6) is 11.5 Å². The Kier molecular flexibility index (Phi) is 6.14. The first kappa shape index (κ1) is 17.7. The van der Waals surface area contributed by atoms with E-state index < -0.39 is 0 Å². The third-order valence-electron chi connectivity index (χ3n) is 3.06. The second-order valence-corrected chi connectivity index (χ2v) is 5.50. The molecule has 1 aromatic carbocycles. The molecule has 2 aromatic rings. The van der Waals surface area contributed by atoms with Gasteiger partial charge in [0.05, 0.1) is 38.5 Å². The van der Waals surface area contributed by atoms with E-state index >= 15 is 0 Å². The van der Waals surface area contributed by atoms with Gasteiger partial charge in [0.2, 0.25) is 0 Å². The molecule has 24 heavy (non-hydrogen) atoms. The maximum atomic E-state index is 12.4. The van der Waals surface area contributed by atoms with Crippen molar-refractivity contribution in [3.63, 3.8) is 0 Å². The van der Waals surface area contributed by atoms with Gasteiger partial charge in [-0.2, -0.15) is 0 Å². The van der Waals surface area contributed by atoms with Crippen molar-refractivity contribution in [1.82, 2.24) is 4.98 Å². The van der Waals surface area contributed by atoms with Crippen molar-refractivity contribution in [1.29, 1.82) is 0 Å². The van der Waals surface area contributed by atoms with Crippen molar-refractivity contribution in [2.75, 3.05) is 26.1 Å². The third-order valence-corrected chi connectivity index (χ3v) is 3.86. The minimum absolute atomic E-state index is 0.0755. The minimum atomic E-state index is -0.355. The van der Waals surface area contributed by atoms with Crippen LogP contribution < -0.4 is 14.8 Å². The molecule has 1 heterocycles. The first-order chi connectivity index (χ1) is 11.6. The molecular weight excluding hydrogens is 332 g/mol. The fraction of sp³-hybridized carbons (Fsp3) is 0.312. The second-order valence-electron chi connectivity index (χ2n) is 4.65. The summed E-state index contributed by atoms with van der Waals surface area (Å²) in [6.45, 7) is 2.07. The number of aromatic nitrogens is 1. The summed E-state index contributed by atoms with van der Waals surface area (Å²) in [6.07, 6.45) is 0.0755. The number of esters is 1. The van der Waals surface area contributed by atoms with E-state index in [-0.39, 0.29) is 18.3 Å². The standard InChI is InChI=1S/C16H18N2O5S/c1-4-23-14(19)7-10-9-24-16(17-10)18-15(20)12-6-5-11(21-2)8-13(12)22-3/h5-6,8-9H,4,7H2,1-3H3,(H,17,18,20). The minimum Gasteiger partial charge on any atom is -0.497 e. The number of rotatable bonds is 7. The Morgan fingerprint density at radius 2 is 2.04 bits per heavy atom. The Labute approximate surface area is 143 Å². The number of ether oxygens (including phenoxy) is 3. The van der Waals surface area contributed by atoms with Crippen molar-refractivity contribution in [2.24, 2.45) is 0 Å². The highest BCUT2D eigenvalue weighted by molar-refractivity contribution is 7.14. The summed E-state index contributed by atoms with van der Waals surface area (Å²) < 4.78 is 15.2. The van der Waals surface area contributed by atoms with Crippen LogP contribution in [-0.2, 0) is 16.0 Å². The number of methoxy groups -OCH3 is 2. The van der Waals surface area contributed by atoms with Crippen LogP contribution in [0.3, 0.4) is 0 Å². The van der Waals surface area contributed by atoms with Crippen molar-refractivity contribution in [2.45, 2.75) is 13.3 Å². The zero-order chi connectivity index (χ0) is 17.5. The molecule has 7 nitrogen and oxygen atoms in total. The lowest BCUT2D eigenvalue weighted by molar-refractivity contribution is -0.142. The van der Waals surface area contributed by atoms with Gasteiger partial charge in [-0.1, -0.05) is 0 Å². The fourth-order valence-corrected chi connectivity index (χ4v) is 2.66. The van der Waals surface area contributed by atoms with Gasteiger partial charge in [0.15, 0.2) is 5.13 Å². The summed E-state index contributed by atoms with van der Waals surface area (Å²) in [5, 5.41) is 4.80. The summed E-state index contributed by atoms with van der Waals surface area (Å²) in [4.78, 5) is 28.0. The van der Waals surface area contributed by atoms with Crippen LogP contribution in [0.25, 0.3) is 0 Å². The Bertz CT molecular complexity index is 729. The molecule has 0 aliphatic rings. The quantitative estimate of drug-likeness (QED) is 0.772. The number of benzene rings is 1. The molecule has 1 N–H and O–H groups in total. The van der Waals surface area contributed by atoms with Gasteiger partial charge in [0.25, 0.3) is 5.91 Å². The average molecular weight is 350 g/mol. The van der Waals surface area contributed by atoms with E-state index in [1.165, 1.54) is 25.6 Å². The van der Waals surface area contributed by atoms with Crippen molar-refractivity contribution >= 4 is 28.3 Å². The molecule has 1 aromatic heterocycles. The monoisotopic (exact) mass is 350 g/mol. The van der Waals surface area contributed by atoms with E-state index in [9.17, 15) is 9.59 Å². The molecule has 0 aliphatic carbocycles. The molecule has 0 aliphatic heterocycles. The summed E-state index contributed by atoms with van der Waals surface area (Å²) in [5.74, 6) is 0.286. The van der Waals surface area contributed by atoms with Crippen LogP contribution >= 0.6 is 11.3 Å². The van der Waals surface area contributed by atoms with Crippen LogP contribution in [0.2, 0.25) is 0 Å². The smallest absolute Gasteiger partial charge is 0.311 e. The number of hydrogen-bond acceptors (Lipinski definition) is 7. The van der Waals surface area contributed by atoms with Crippen molar-refractivity contribution in [3.05, 3.63) is 34.8 Å². The summed E-state index contributed by atoms with van der Waals surface area (Å²) in [7, 11) is 3.02. The number of carbonyl (C=O) groups is 2. The van der Waals surface area contributed by atoms with E-state index in [0.29, 0.717) is 34.5 Å². The first-order valence-electron chi connectivity index (χ1n) is 7.20. The molecule has 0 fully saturated rings. The van der Waals surface area contributed by atoms with Gasteiger partial charge in [0, 0.05) is 11.4 Å². The third kappa shape index (κ3) is 4.45. The molecule has 2 rings (SSSR count). The molecule has 1 amide bonds. The van der Waals surface area contributed by atoms with Gasteiger partial charge in [-0.25, -0.2) is 4.98 Å². The fourth-order valence-electron chi connectivity index (χ4n) is 1.96. The molecule has 8 heteroatoms. The maximum absolute atomic E-state index is 12.4. The van der Waals surface area contributed by atoms with Crippen LogP contribution in [0.4, 0.5) is 5.13 Å². The second kappa shape index (κ2) is 8.30. The lowest BCUT2D eigenvalue weighted by atomic mass is 10.2. The Balaban J connectivity index is 2.07. The molecule has 0 spiro atoms. The molecule has 0 bridgehead atoms. The highest BCUT2D eigenvalue weighted by Gasteiger charge is 2.16. The number of nitrogens with zero attached hydrogens (tertiary/aromatic N) is 1. The SMILES string of the molecule is CCOC(=O)Cc1csc(NC(=O)c2ccc(OC)cc2OC)n1. The van der Waals surface area contributed by atoms with Crippen LogP contribution in [0.1, 0.15) is 23.0 Å². The zero-order valence-electron chi connectivity index (χ0n) is 13.6. The van der Waals surface area contributed by atoms with E-state index in [0.717, 1.165) is 0 Å². The molecule has 0 saturated carbocycles. The Morgan fingerprint density at radius 3 is 2.71 bits per heavy atom. The molecular formula is C16H18N2O5S. The molecule has 0 radical (unpaired) electrons. The lowest BCUT2D eigenvalue weighted by Gasteiger charge is -2.09. The van der Waals surface area contributed by atoms with Gasteiger partial charge in [0.1, 0.15) is 11.5 Å². The van der Waals surface area contributed by atoms with E-state index in [4.69, 9.17) is 14.2 Å². The van der Waals surface area contributed by atoms with E-state index in [1.54, 1.807) is 30.5 Å². The van der Waals surface area contributed by atoms with Crippen LogP contribution in [0.15, 0.2) is 23.6 Å². The predicted molar refractivity (Wildman–Crippen MR) is 90.0 cm³/mol. The highest BCUT2D eigenvalue weighted by Crippen LogP contribution is 2.26. The topological polar surface area (TPSA) is 86.8 Å². The number of anilines is 1. The summed E-state index contributed by atoms with van der Waals surface area (Å²) >= 11 is 1.24. The number of thiazole rings is 1. The number of amides is 1. The highest BCUT2D eigenvalue weighted by atomic mass is 32.1. The molecule has 0 saturated heterocycles. The Hall–Kier alpha value is -2.61. The first-order valence-corrected chi connectivity index (χ1v) is 8.08. The van der Waals surface area contributed by atoms with Crippen LogP contribution in [-0.4, -0.2) is 37.7 Å². The summed E-state index contributed by atoms with van der Waals surface area (Å²) in [6, 6.07) is 4.91. The maximum Gasteiger partial charge on any atom is 0.311 e. The largest absolute Gasteiger partial charge is 0.497 e. The molecule has 0 unspecified atom stereocenters. The summed E-state index contributed by atoms with van der Waals surface area (Å²) in [5.41, 5.74) is 0.913.